The van der Waals surface area contributed by atoms with E-state index in [1.807, 2.05) is 13.8 Å². The summed E-state index contributed by atoms with van der Waals surface area (Å²) < 4.78 is 26.6. The van der Waals surface area contributed by atoms with E-state index >= 15 is 0 Å². The average molecular weight is 283 g/mol. The van der Waals surface area contributed by atoms with Crippen molar-refractivity contribution in [1.29, 1.82) is 0 Å². The molecule has 3 nitrogen and oxygen atoms in total. The van der Waals surface area contributed by atoms with Gasteiger partial charge < -0.3 is 5.11 Å². The lowest BCUT2D eigenvalue weighted by Crippen LogP contribution is -2.53. The van der Waals surface area contributed by atoms with Gasteiger partial charge >= 0.3 is 5.97 Å². The second-order valence-electron chi connectivity index (χ2n) is 6.04. The topological polar surface area (TPSA) is 40.5 Å². The van der Waals surface area contributed by atoms with E-state index in [4.69, 9.17) is 0 Å². The largest absolute Gasteiger partial charge is 0.480 e. The molecule has 110 valence electrons. The maximum atomic E-state index is 13.7. The first-order chi connectivity index (χ1) is 9.31. The fourth-order valence-corrected chi connectivity index (χ4v) is 3.03. The minimum absolute atomic E-state index is 0.187. The lowest BCUT2D eigenvalue weighted by Gasteiger charge is -2.44. The van der Waals surface area contributed by atoms with Gasteiger partial charge in [-0.15, -0.1) is 0 Å². The first kappa shape index (κ1) is 14.9. The van der Waals surface area contributed by atoms with Gasteiger partial charge in [-0.25, -0.2) is 8.78 Å². The van der Waals surface area contributed by atoms with Crippen molar-refractivity contribution in [3.05, 3.63) is 35.4 Å². The second-order valence-corrected chi connectivity index (χ2v) is 6.04. The summed E-state index contributed by atoms with van der Waals surface area (Å²) in [4.78, 5) is 13.3. The number of hydrogen-bond acceptors (Lipinski definition) is 2. The van der Waals surface area contributed by atoms with E-state index in [2.05, 4.69) is 0 Å². The second kappa shape index (κ2) is 5.48. The molecule has 1 aliphatic heterocycles. The van der Waals surface area contributed by atoms with Gasteiger partial charge in [0.15, 0.2) is 0 Å². The minimum Gasteiger partial charge on any atom is -0.480 e. The fourth-order valence-electron chi connectivity index (χ4n) is 3.03. The van der Waals surface area contributed by atoms with Crippen LogP contribution >= 0.6 is 0 Å². The lowest BCUT2D eigenvalue weighted by atomic mass is 9.76. The Labute approximate surface area is 117 Å². The highest BCUT2D eigenvalue weighted by atomic mass is 19.1. The number of halogens is 2. The third-order valence-electron chi connectivity index (χ3n) is 3.99. The summed E-state index contributed by atoms with van der Waals surface area (Å²) in [5, 5.41) is 9.44. The number of benzene rings is 1. The third kappa shape index (κ3) is 2.98. The van der Waals surface area contributed by atoms with E-state index in [-0.39, 0.29) is 12.0 Å². The molecule has 1 atom stereocenters. The first-order valence-electron chi connectivity index (χ1n) is 6.72. The van der Waals surface area contributed by atoms with Crippen molar-refractivity contribution in [3.63, 3.8) is 0 Å². The number of carbonyl (C=O) groups is 1. The van der Waals surface area contributed by atoms with Crippen molar-refractivity contribution in [1.82, 2.24) is 4.90 Å². The van der Waals surface area contributed by atoms with Crippen molar-refractivity contribution in [2.24, 2.45) is 5.41 Å². The monoisotopic (exact) mass is 283 g/mol. The van der Waals surface area contributed by atoms with E-state index < -0.39 is 23.6 Å². The summed E-state index contributed by atoms with van der Waals surface area (Å²) in [7, 11) is 0. The molecule has 1 aliphatic rings. The van der Waals surface area contributed by atoms with Crippen molar-refractivity contribution < 1.29 is 18.7 Å². The SMILES string of the molecule is CC1(C)CCCN(Cc2ccc(F)cc2F)C1C(=O)O. The zero-order valence-corrected chi connectivity index (χ0v) is 11.7. The summed E-state index contributed by atoms with van der Waals surface area (Å²) in [5.41, 5.74) is -0.0315. The molecule has 1 fully saturated rings. The average Bonchev–Trinajstić information content (AvgIpc) is 2.31. The van der Waals surface area contributed by atoms with E-state index in [0.29, 0.717) is 12.1 Å². The molecule has 0 spiro atoms. The van der Waals surface area contributed by atoms with Gasteiger partial charge in [-0.3, -0.25) is 9.69 Å². The number of nitrogens with zero attached hydrogens (tertiary/aromatic N) is 1. The highest BCUT2D eigenvalue weighted by Crippen LogP contribution is 2.36. The Hall–Kier alpha value is -1.49. The van der Waals surface area contributed by atoms with Crippen molar-refractivity contribution >= 4 is 5.97 Å². The van der Waals surface area contributed by atoms with Gasteiger partial charge in [-0.1, -0.05) is 19.9 Å². The van der Waals surface area contributed by atoms with E-state index in [0.717, 1.165) is 18.9 Å². The molecule has 1 heterocycles. The predicted octanol–water partition coefficient (Wildman–Crippen LogP) is 3.04. The Balaban J connectivity index is 2.24. The fraction of sp³-hybridized carbons (Fsp3) is 0.533. The molecule has 1 aromatic carbocycles. The molecule has 1 unspecified atom stereocenters. The van der Waals surface area contributed by atoms with Gasteiger partial charge in [0.1, 0.15) is 17.7 Å². The first-order valence-corrected chi connectivity index (χ1v) is 6.72. The van der Waals surface area contributed by atoms with Crippen LogP contribution < -0.4 is 0 Å². The zero-order valence-electron chi connectivity index (χ0n) is 11.7. The standard InChI is InChI=1S/C15H19F2NO2/c1-15(2)6-3-7-18(13(15)14(19)20)9-10-4-5-11(16)8-12(10)17/h4-5,8,13H,3,6-7,9H2,1-2H3,(H,19,20). The smallest absolute Gasteiger partial charge is 0.321 e. The van der Waals surface area contributed by atoms with Crippen molar-refractivity contribution in [2.45, 2.75) is 39.3 Å². The summed E-state index contributed by atoms with van der Waals surface area (Å²) in [6.45, 7) is 4.63. The van der Waals surface area contributed by atoms with Crippen LogP contribution in [0.25, 0.3) is 0 Å². The van der Waals surface area contributed by atoms with E-state index in [1.165, 1.54) is 12.1 Å². The number of hydrogen-bond donors (Lipinski definition) is 1. The normalized spacial score (nSPS) is 22.7. The highest BCUT2D eigenvalue weighted by molar-refractivity contribution is 5.74. The summed E-state index contributed by atoms with van der Waals surface area (Å²) in [6.07, 6.45) is 1.70. The van der Waals surface area contributed by atoms with Gasteiger partial charge in [0.05, 0.1) is 0 Å². The van der Waals surface area contributed by atoms with Crippen LogP contribution in [0.4, 0.5) is 8.78 Å². The van der Waals surface area contributed by atoms with Crippen LogP contribution in [0.15, 0.2) is 18.2 Å². The van der Waals surface area contributed by atoms with E-state index in [1.54, 1.807) is 4.90 Å². The van der Waals surface area contributed by atoms with Crippen molar-refractivity contribution in [2.75, 3.05) is 6.54 Å². The Morgan fingerprint density at radius 1 is 1.45 bits per heavy atom. The molecule has 0 aliphatic carbocycles. The van der Waals surface area contributed by atoms with Gasteiger partial charge in [0.25, 0.3) is 0 Å². The molecule has 1 saturated heterocycles. The quantitative estimate of drug-likeness (QED) is 0.927. The van der Waals surface area contributed by atoms with Gasteiger partial charge in [0.2, 0.25) is 0 Å². The molecule has 0 aromatic heterocycles. The van der Waals surface area contributed by atoms with Crippen LogP contribution in [0.1, 0.15) is 32.3 Å². The number of aliphatic carboxylic acids is 1. The molecule has 0 amide bonds. The number of rotatable bonds is 3. The van der Waals surface area contributed by atoms with E-state index in [9.17, 15) is 18.7 Å². The summed E-state index contributed by atoms with van der Waals surface area (Å²) in [6, 6.07) is 2.76. The van der Waals surface area contributed by atoms with Crippen LogP contribution in [0, 0.1) is 17.0 Å². The Morgan fingerprint density at radius 2 is 2.15 bits per heavy atom. The minimum atomic E-state index is -0.891. The summed E-state index contributed by atoms with van der Waals surface area (Å²) in [5.74, 6) is -2.14. The van der Waals surface area contributed by atoms with Crippen LogP contribution in [0.2, 0.25) is 0 Å². The molecule has 0 saturated carbocycles. The molecule has 5 heteroatoms. The van der Waals surface area contributed by atoms with Crippen molar-refractivity contribution in [3.8, 4) is 0 Å². The van der Waals surface area contributed by atoms with Gasteiger partial charge in [-0.05, 0) is 30.9 Å². The maximum absolute atomic E-state index is 13.7. The molecule has 2 rings (SSSR count). The number of piperidine rings is 1. The highest BCUT2D eigenvalue weighted by Gasteiger charge is 2.42. The third-order valence-corrected chi connectivity index (χ3v) is 3.99. The van der Waals surface area contributed by atoms with Gasteiger partial charge in [0, 0.05) is 18.2 Å². The molecule has 1 N–H and O–H groups in total. The zero-order chi connectivity index (χ0) is 14.9. The molecule has 0 bridgehead atoms. The maximum Gasteiger partial charge on any atom is 0.321 e. The number of carboxylic acids is 1. The number of likely N-dealkylation sites (tertiary alicyclic amines) is 1. The lowest BCUT2D eigenvalue weighted by molar-refractivity contribution is -0.151. The molecule has 1 aromatic rings. The molecular weight excluding hydrogens is 264 g/mol. The van der Waals surface area contributed by atoms with Gasteiger partial charge in [-0.2, -0.15) is 0 Å². The Morgan fingerprint density at radius 3 is 2.75 bits per heavy atom. The number of carboxylic acid groups (broad SMARTS) is 1. The molecular formula is C15H19F2NO2. The summed E-state index contributed by atoms with van der Waals surface area (Å²) >= 11 is 0. The molecule has 20 heavy (non-hydrogen) atoms. The van der Waals surface area contributed by atoms with Crippen LogP contribution in [-0.2, 0) is 11.3 Å². The van der Waals surface area contributed by atoms with Crippen LogP contribution in [0.3, 0.4) is 0 Å². The van der Waals surface area contributed by atoms with Crippen LogP contribution in [-0.4, -0.2) is 28.6 Å². The molecule has 0 radical (unpaired) electrons. The predicted molar refractivity (Wildman–Crippen MR) is 71.2 cm³/mol. The van der Waals surface area contributed by atoms with Crippen LogP contribution in [0.5, 0.6) is 0 Å². The Bertz CT molecular complexity index is 517. The Kier molecular flexibility index (Phi) is 4.09.